The molecule has 0 bridgehead atoms. The first kappa shape index (κ1) is 16.2. The highest BCUT2D eigenvalue weighted by Gasteiger charge is 2.09. The van der Waals surface area contributed by atoms with Gasteiger partial charge in [0.25, 0.3) is 0 Å². The number of carbonyl (C=O) groups excluding carboxylic acids is 1. The summed E-state index contributed by atoms with van der Waals surface area (Å²) in [6.07, 6.45) is 1.98. The molecule has 0 aliphatic rings. The van der Waals surface area contributed by atoms with Crippen LogP contribution in [-0.2, 0) is 16.0 Å². The van der Waals surface area contributed by atoms with Gasteiger partial charge < -0.3 is 10.5 Å². The van der Waals surface area contributed by atoms with E-state index < -0.39 is 0 Å². The van der Waals surface area contributed by atoms with Gasteiger partial charge in [-0.25, -0.2) is 4.39 Å². The van der Waals surface area contributed by atoms with Crippen molar-refractivity contribution < 1.29 is 13.9 Å². The molecule has 0 aromatic heterocycles. The van der Waals surface area contributed by atoms with E-state index in [2.05, 4.69) is 4.74 Å². The van der Waals surface area contributed by atoms with Crippen LogP contribution in [0.25, 0.3) is 0 Å². The summed E-state index contributed by atoms with van der Waals surface area (Å²) in [5.41, 5.74) is 8.98. The van der Waals surface area contributed by atoms with Crippen LogP contribution < -0.4 is 5.73 Å². The smallest absolute Gasteiger partial charge is 0.305 e. The third kappa shape index (κ3) is 4.40. The number of esters is 1. The molecule has 0 saturated heterocycles. The van der Waals surface area contributed by atoms with Gasteiger partial charge >= 0.3 is 5.97 Å². The Morgan fingerprint density at radius 1 is 1.18 bits per heavy atom. The van der Waals surface area contributed by atoms with Crippen LogP contribution in [0, 0.1) is 5.82 Å². The fourth-order valence-electron chi connectivity index (χ4n) is 2.32. The first-order valence-corrected chi connectivity index (χ1v) is 7.27. The van der Waals surface area contributed by atoms with Gasteiger partial charge in [0.05, 0.1) is 13.2 Å². The number of halogens is 1. The van der Waals surface area contributed by atoms with E-state index in [9.17, 15) is 9.18 Å². The van der Waals surface area contributed by atoms with Crippen molar-refractivity contribution in [3.05, 3.63) is 71.0 Å². The lowest BCUT2D eigenvalue weighted by molar-refractivity contribution is -0.140. The van der Waals surface area contributed by atoms with E-state index >= 15 is 0 Å². The van der Waals surface area contributed by atoms with Crippen molar-refractivity contribution in [3.63, 3.8) is 0 Å². The van der Waals surface area contributed by atoms with Crippen LogP contribution in [0.2, 0.25) is 0 Å². The van der Waals surface area contributed by atoms with Crippen LogP contribution in [0.5, 0.6) is 0 Å². The molecule has 0 fully saturated rings. The molecule has 2 N–H and O–H groups in total. The Kier molecular flexibility index (Phi) is 5.67. The lowest BCUT2D eigenvalue weighted by Crippen LogP contribution is -2.12. The summed E-state index contributed by atoms with van der Waals surface area (Å²) < 4.78 is 17.9. The van der Waals surface area contributed by atoms with E-state index in [0.29, 0.717) is 6.42 Å². The van der Waals surface area contributed by atoms with Crippen molar-refractivity contribution in [2.45, 2.75) is 25.3 Å². The first-order chi connectivity index (χ1) is 10.6. The van der Waals surface area contributed by atoms with Crippen LogP contribution in [0.1, 0.15) is 35.6 Å². The SMILES string of the molecule is COC(=O)CCCc1ccc(C(N)c2cccc(F)c2)cc1. The molecule has 22 heavy (non-hydrogen) atoms. The Morgan fingerprint density at radius 3 is 2.55 bits per heavy atom. The molecule has 0 amide bonds. The van der Waals surface area contributed by atoms with Crippen LogP contribution >= 0.6 is 0 Å². The van der Waals surface area contributed by atoms with Gasteiger partial charge in [-0.2, -0.15) is 0 Å². The predicted octanol–water partition coefficient (Wildman–Crippen LogP) is 3.37. The fraction of sp³-hybridized carbons (Fsp3) is 0.278. The Morgan fingerprint density at radius 2 is 1.91 bits per heavy atom. The number of hydrogen-bond donors (Lipinski definition) is 1. The van der Waals surface area contributed by atoms with Gasteiger partial charge in [0.1, 0.15) is 5.82 Å². The number of carbonyl (C=O) groups is 1. The molecule has 4 heteroatoms. The highest BCUT2D eigenvalue weighted by Crippen LogP contribution is 2.21. The van der Waals surface area contributed by atoms with Crippen LogP contribution in [0.15, 0.2) is 48.5 Å². The van der Waals surface area contributed by atoms with E-state index in [-0.39, 0.29) is 17.8 Å². The quantitative estimate of drug-likeness (QED) is 0.832. The minimum absolute atomic E-state index is 0.190. The second kappa shape index (κ2) is 7.71. The van der Waals surface area contributed by atoms with Crippen molar-refractivity contribution in [2.24, 2.45) is 5.73 Å². The van der Waals surface area contributed by atoms with Gasteiger partial charge in [-0.05, 0) is 41.7 Å². The van der Waals surface area contributed by atoms with Crippen molar-refractivity contribution in [2.75, 3.05) is 7.11 Å². The van der Waals surface area contributed by atoms with E-state index in [1.54, 1.807) is 6.07 Å². The van der Waals surface area contributed by atoms with E-state index in [4.69, 9.17) is 5.73 Å². The third-order valence-electron chi connectivity index (χ3n) is 3.62. The molecule has 1 atom stereocenters. The largest absolute Gasteiger partial charge is 0.469 e. The molecule has 116 valence electrons. The first-order valence-electron chi connectivity index (χ1n) is 7.27. The van der Waals surface area contributed by atoms with Gasteiger partial charge in [-0.3, -0.25) is 4.79 Å². The summed E-state index contributed by atoms with van der Waals surface area (Å²) in [7, 11) is 1.39. The molecule has 0 heterocycles. The lowest BCUT2D eigenvalue weighted by atomic mass is 9.97. The number of aryl methyl sites for hydroxylation is 1. The van der Waals surface area contributed by atoms with Gasteiger partial charge in [-0.15, -0.1) is 0 Å². The molecular weight excluding hydrogens is 281 g/mol. The number of ether oxygens (including phenoxy) is 1. The molecule has 0 spiro atoms. The summed E-state index contributed by atoms with van der Waals surface area (Å²) in [6.45, 7) is 0. The summed E-state index contributed by atoms with van der Waals surface area (Å²) in [5.74, 6) is -0.475. The Balaban J connectivity index is 1.98. The van der Waals surface area contributed by atoms with Crippen LogP contribution in [0.3, 0.4) is 0 Å². The minimum Gasteiger partial charge on any atom is -0.469 e. The van der Waals surface area contributed by atoms with E-state index in [0.717, 1.165) is 29.5 Å². The molecule has 0 aliphatic carbocycles. The third-order valence-corrected chi connectivity index (χ3v) is 3.62. The zero-order chi connectivity index (χ0) is 15.9. The number of methoxy groups -OCH3 is 1. The van der Waals surface area contributed by atoms with Crippen molar-refractivity contribution >= 4 is 5.97 Å². The summed E-state index contributed by atoms with van der Waals surface area (Å²) in [6, 6.07) is 13.9. The molecule has 0 saturated carbocycles. The normalized spacial score (nSPS) is 12.0. The Labute approximate surface area is 129 Å². The Bertz CT molecular complexity index is 625. The number of rotatable bonds is 6. The van der Waals surface area contributed by atoms with Gasteiger partial charge in [0, 0.05) is 6.42 Å². The zero-order valence-electron chi connectivity index (χ0n) is 12.6. The maximum absolute atomic E-state index is 13.2. The lowest BCUT2D eigenvalue weighted by Gasteiger charge is -2.13. The standard InChI is InChI=1S/C18H20FNO2/c1-22-17(21)7-2-4-13-8-10-14(11-9-13)18(20)15-5-3-6-16(19)12-15/h3,5-6,8-12,18H,2,4,7,20H2,1H3. The second-order valence-electron chi connectivity index (χ2n) is 5.20. The number of hydrogen-bond acceptors (Lipinski definition) is 3. The second-order valence-corrected chi connectivity index (χ2v) is 5.20. The van der Waals surface area contributed by atoms with Crippen molar-refractivity contribution in [1.82, 2.24) is 0 Å². The number of benzene rings is 2. The summed E-state index contributed by atoms with van der Waals surface area (Å²) in [5, 5.41) is 0. The van der Waals surface area contributed by atoms with Crippen molar-refractivity contribution in [1.29, 1.82) is 0 Å². The number of nitrogens with two attached hydrogens (primary N) is 1. The highest BCUT2D eigenvalue weighted by molar-refractivity contribution is 5.69. The topological polar surface area (TPSA) is 52.3 Å². The average Bonchev–Trinajstić information content (AvgIpc) is 2.54. The molecular formula is C18H20FNO2. The van der Waals surface area contributed by atoms with Crippen molar-refractivity contribution in [3.8, 4) is 0 Å². The highest BCUT2D eigenvalue weighted by atomic mass is 19.1. The molecule has 1 unspecified atom stereocenters. The van der Waals surface area contributed by atoms with Crippen LogP contribution in [0.4, 0.5) is 4.39 Å². The van der Waals surface area contributed by atoms with E-state index in [1.165, 1.54) is 19.2 Å². The average molecular weight is 301 g/mol. The molecule has 2 rings (SSSR count). The summed E-state index contributed by atoms with van der Waals surface area (Å²) in [4.78, 5) is 11.1. The molecule has 0 radical (unpaired) electrons. The molecule has 0 aliphatic heterocycles. The van der Waals surface area contributed by atoms with Gasteiger partial charge in [0.2, 0.25) is 0 Å². The molecule has 2 aromatic rings. The van der Waals surface area contributed by atoms with Gasteiger partial charge in [-0.1, -0.05) is 36.4 Å². The fourth-order valence-corrected chi connectivity index (χ4v) is 2.32. The zero-order valence-corrected chi connectivity index (χ0v) is 12.6. The Hall–Kier alpha value is -2.20. The van der Waals surface area contributed by atoms with Crippen LogP contribution in [-0.4, -0.2) is 13.1 Å². The minimum atomic E-state index is -0.347. The molecule has 2 aromatic carbocycles. The predicted molar refractivity (Wildman–Crippen MR) is 83.8 cm³/mol. The monoisotopic (exact) mass is 301 g/mol. The maximum atomic E-state index is 13.2. The summed E-state index contributed by atoms with van der Waals surface area (Å²) >= 11 is 0. The maximum Gasteiger partial charge on any atom is 0.305 e. The van der Waals surface area contributed by atoms with E-state index in [1.807, 2.05) is 30.3 Å². The molecule has 3 nitrogen and oxygen atoms in total. The van der Waals surface area contributed by atoms with Gasteiger partial charge in [0.15, 0.2) is 0 Å².